The van der Waals surface area contributed by atoms with E-state index in [9.17, 15) is 5.26 Å². The van der Waals surface area contributed by atoms with Crippen molar-refractivity contribution in [1.29, 1.82) is 5.26 Å². The SMILES string of the molecule is COc1nc(-c2nc3n(n2)CCC[C@H]3c2cc(C3(C#N)CC3)c(Cl)cc2Cl)ccc1-n1cnc(C)c1. The average Bonchev–Trinajstić information content (AvgIpc) is 3.34. The highest BCUT2D eigenvalue weighted by Gasteiger charge is 2.47. The highest BCUT2D eigenvalue weighted by atomic mass is 35.5. The third-order valence-electron chi connectivity index (χ3n) is 7.07. The Balaban J connectivity index is 1.39. The molecule has 182 valence electrons. The van der Waals surface area contributed by atoms with Gasteiger partial charge in [0.1, 0.15) is 17.2 Å². The van der Waals surface area contributed by atoms with Crippen molar-refractivity contribution in [2.24, 2.45) is 0 Å². The molecule has 4 aromatic rings. The highest BCUT2D eigenvalue weighted by molar-refractivity contribution is 6.35. The number of fused-ring (bicyclic) bond motifs is 1. The first-order valence-electron chi connectivity index (χ1n) is 11.8. The zero-order chi connectivity index (χ0) is 25.0. The molecule has 1 aliphatic carbocycles. The van der Waals surface area contributed by atoms with Crippen LogP contribution in [0.3, 0.4) is 0 Å². The maximum absolute atomic E-state index is 9.74. The molecule has 0 saturated heterocycles. The van der Waals surface area contributed by atoms with Crippen molar-refractivity contribution >= 4 is 23.2 Å². The van der Waals surface area contributed by atoms with Crippen LogP contribution in [0.5, 0.6) is 5.88 Å². The summed E-state index contributed by atoms with van der Waals surface area (Å²) in [5.74, 6) is 1.78. The molecule has 2 aliphatic rings. The fourth-order valence-electron chi connectivity index (χ4n) is 4.98. The van der Waals surface area contributed by atoms with Gasteiger partial charge in [-0.2, -0.15) is 5.26 Å². The normalized spacial score (nSPS) is 17.9. The molecular weight excluding hydrogens is 497 g/mol. The summed E-state index contributed by atoms with van der Waals surface area (Å²) in [6, 6.07) is 10.0. The summed E-state index contributed by atoms with van der Waals surface area (Å²) in [5.41, 5.74) is 3.61. The summed E-state index contributed by atoms with van der Waals surface area (Å²) in [4.78, 5) is 13.9. The Morgan fingerprint density at radius 3 is 2.69 bits per heavy atom. The number of hydrogen-bond acceptors (Lipinski definition) is 6. The van der Waals surface area contributed by atoms with Crippen LogP contribution >= 0.6 is 23.2 Å². The van der Waals surface area contributed by atoms with E-state index in [4.69, 9.17) is 43.0 Å². The van der Waals surface area contributed by atoms with Gasteiger partial charge in [-0.15, -0.1) is 5.10 Å². The van der Waals surface area contributed by atoms with Crippen LogP contribution < -0.4 is 4.74 Å². The summed E-state index contributed by atoms with van der Waals surface area (Å²) >= 11 is 13.2. The second-order valence-corrected chi connectivity index (χ2v) is 10.2. The predicted octanol–water partition coefficient (Wildman–Crippen LogP) is 5.63. The smallest absolute Gasteiger partial charge is 0.238 e. The lowest BCUT2D eigenvalue weighted by molar-refractivity contribution is 0.396. The molecule has 1 atom stereocenters. The van der Waals surface area contributed by atoms with Gasteiger partial charge in [0.15, 0.2) is 5.82 Å². The van der Waals surface area contributed by atoms with Gasteiger partial charge in [-0.25, -0.2) is 19.6 Å². The van der Waals surface area contributed by atoms with Crippen LogP contribution in [0, 0.1) is 18.3 Å². The monoisotopic (exact) mass is 519 g/mol. The number of methoxy groups -OCH3 is 1. The molecule has 0 amide bonds. The number of nitrogens with zero attached hydrogens (tertiary/aromatic N) is 7. The Morgan fingerprint density at radius 1 is 1.17 bits per heavy atom. The van der Waals surface area contributed by atoms with Gasteiger partial charge in [-0.3, -0.25) is 0 Å². The molecule has 1 fully saturated rings. The number of benzene rings is 1. The molecule has 4 heterocycles. The van der Waals surface area contributed by atoms with Crippen LogP contribution in [0.2, 0.25) is 10.0 Å². The molecule has 10 heteroatoms. The van der Waals surface area contributed by atoms with E-state index >= 15 is 0 Å². The van der Waals surface area contributed by atoms with Crippen LogP contribution in [0.15, 0.2) is 36.8 Å². The first kappa shape index (κ1) is 23.0. The Morgan fingerprint density at radius 2 is 2.00 bits per heavy atom. The fourth-order valence-corrected chi connectivity index (χ4v) is 5.67. The Labute approximate surface area is 218 Å². The molecule has 3 aromatic heterocycles. The molecular formula is C26H23Cl2N7O. The number of imidazole rings is 1. The Bertz CT molecular complexity index is 1530. The number of aromatic nitrogens is 6. The third kappa shape index (κ3) is 3.74. The van der Waals surface area contributed by atoms with Crippen LogP contribution in [0.4, 0.5) is 0 Å². The number of aryl methyl sites for hydroxylation is 2. The minimum atomic E-state index is -0.500. The average molecular weight is 520 g/mol. The number of halogens is 2. The first-order valence-corrected chi connectivity index (χ1v) is 12.6. The second-order valence-electron chi connectivity index (χ2n) is 9.41. The maximum Gasteiger partial charge on any atom is 0.238 e. The summed E-state index contributed by atoms with van der Waals surface area (Å²) < 4.78 is 9.39. The lowest BCUT2D eigenvalue weighted by Gasteiger charge is -2.24. The van der Waals surface area contributed by atoms with Crippen molar-refractivity contribution in [3.05, 3.63) is 69.5 Å². The molecule has 0 spiro atoms. The minimum absolute atomic E-state index is 0.0481. The molecule has 36 heavy (non-hydrogen) atoms. The van der Waals surface area contributed by atoms with Gasteiger partial charge in [0.2, 0.25) is 5.88 Å². The van der Waals surface area contributed by atoms with E-state index in [0.29, 0.717) is 27.4 Å². The van der Waals surface area contributed by atoms with E-state index in [-0.39, 0.29) is 5.92 Å². The molecule has 0 bridgehead atoms. The number of nitriles is 1. The Kier molecular flexibility index (Phi) is 5.51. The summed E-state index contributed by atoms with van der Waals surface area (Å²) in [6.07, 6.45) is 7.10. The molecule has 0 unspecified atom stereocenters. The molecule has 1 aromatic carbocycles. The van der Waals surface area contributed by atoms with E-state index in [1.165, 1.54) is 0 Å². The quantitative estimate of drug-likeness (QED) is 0.339. The summed E-state index contributed by atoms with van der Waals surface area (Å²) in [7, 11) is 1.59. The van der Waals surface area contributed by atoms with E-state index in [1.807, 2.05) is 40.6 Å². The second kappa shape index (κ2) is 8.61. The van der Waals surface area contributed by atoms with E-state index in [2.05, 4.69) is 11.1 Å². The molecule has 1 saturated carbocycles. The van der Waals surface area contributed by atoms with Crippen molar-refractivity contribution in [1.82, 2.24) is 29.3 Å². The molecule has 0 radical (unpaired) electrons. The molecule has 1 aliphatic heterocycles. The number of ether oxygens (including phenoxy) is 1. The minimum Gasteiger partial charge on any atom is -0.479 e. The van der Waals surface area contributed by atoms with E-state index in [1.54, 1.807) is 19.5 Å². The van der Waals surface area contributed by atoms with Crippen LogP contribution in [0.1, 0.15) is 54.2 Å². The van der Waals surface area contributed by atoms with E-state index < -0.39 is 5.41 Å². The predicted molar refractivity (Wildman–Crippen MR) is 136 cm³/mol. The largest absolute Gasteiger partial charge is 0.479 e. The highest BCUT2D eigenvalue weighted by Crippen LogP contribution is 2.52. The first-order chi connectivity index (χ1) is 17.4. The molecule has 0 N–H and O–H groups in total. The van der Waals surface area contributed by atoms with Crippen molar-refractivity contribution in [2.45, 2.75) is 50.5 Å². The molecule has 8 nitrogen and oxygen atoms in total. The van der Waals surface area contributed by atoms with Crippen molar-refractivity contribution in [3.63, 3.8) is 0 Å². The number of hydrogen-bond donors (Lipinski definition) is 0. The fraction of sp³-hybridized carbons (Fsp3) is 0.346. The van der Waals surface area contributed by atoms with Gasteiger partial charge in [0.05, 0.1) is 30.6 Å². The topological polar surface area (TPSA) is 94.4 Å². The van der Waals surface area contributed by atoms with Gasteiger partial charge in [0, 0.05) is 28.7 Å². The Hall–Kier alpha value is -3.41. The van der Waals surface area contributed by atoms with Crippen molar-refractivity contribution in [2.75, 3.05) is 7.11 Å². The maximum atomic E-state index is 9.74. The zero-order valence-corrected chi connectivity index (χ0v) is 21.4. The molecule has 6 rings (SSSR count). The van der Waals surface area contributed by atoms with Gasteiger partial charge in [-0.1, -0.05) is 29.3 Å². The third-order valence-corrected chi connectivity index (χ3v) is 7.71. The van der Waals surface area contributed by atoms with Gasteiger partial charge in [0.25, 0.3) is 0 Å². The van der Waals surface area contributed by atoms with E-state index in [0.717, 1.165) is 60.6 Å². The number of pyridine rings is 1. The zero-order valence-electron chi connectivity index (χ0n) is 19.9. The summed E-state index contributed by atoms with van der Waals surface area (Å²) in [6.45, 7) is 2.70. The van der Waals surface area contributed by atoms with Crippen LogP contribution in [-0.2, 0) is 12.0 Å². The van der Waals surface area contributed by atoms with Gasteiger partial charge in [-0.05, 0) is 61.9 Å². The van der Waals surface area contributed by atoms with Crippen LogP contribution in [0.25, 0.3) is 17.2 Å². The standard InChI is InChI=1S/C26H23Cl2N7O/c1-15-12-34(14-30-15)22-6-5-21(31-25(22)36-2)23-32-24-16(4-3-9-35(24)33-23)17-10-18(20(28)11-19(17)27)26(13-29)7-8-26/h5-6,10-12,14,16H,3-4,7-9H2,1-2H3/t16-/m0/s1. The summed E-state index contributed by atoms with van der Waals surface area (Å²) in [5, 5.41) is 15.6. The lowest BCUT2D eigenvalue weighted by atomic mass is 9.87. The van der Waals surface area contributed by atoms with Crippen LogP contribution in [-0.4, -0.2) is 36.4 Å². The van der Waals surface area contributed by atoms with Gasteiger partial charge < -0.3 is 9.30 Å². The lowest BCUT2D eigenvalue weighted by Crippen LogP contribution is -2.19. The van der Waals surface area contributed by atoms with Crippen molar-refractivity contribution < 1.29 is 4.74 Å². The van der Waals surface area contributed by atoms with Gasteiger partial charge >= 0.3 is 0 Å². The van der Waals surface area contributed by atoms with Crippen molar-refractivity contribution in [3.8, 4) is 29.2 Å². The number of rotatable bonds is 5.